The van der Waals surface area contributed by atoms with Crippen LogP contribution in [0.1, 0.15) is 26.7 Å². The predicted octanol–water partition coefficient (Wildman–Crippen LogP) is 0.816. The van der Waals surface area contributed by atoms with Crippen molar-refractivity contribution in [2.75, 3.05) is 6.54 Å². The van der Waals surface area contributed by atoms with Crippen LogP contribution in [-0.4, -0.2) is 28.1 Å². The number of hydroxylamine groups is 2. The molecule has 0 aliphatic rings. The topological polar surface area (TPSA) is 43.7 Å². The maximum atomic E-state index is 8.84. The predicted molar refractivity (Wildman–Crippen MR) is 35.1 cm³/mol. The van der Waals surface area contributed by atoms with Gasteiger partial charge >= 0.3 is 0 Å². The van der Waals surface area contributed by atoms with Crippen LogP contribution in [-0.2, 0) is 0 Å². The normalized spacial score (nSPS) is 14.3. The van der Waals surface area contributed by atoms with Crippen LogP contribution in [0.2, 0.25) is 0 Å². The molecule has 0 saturated heterocycles. The van der Waals surface area contributed by atoms with Gasteiger partial charge in [-0.15, -0.1) is 0 Å². The molecule has 0 saturated carbocycles. The number of rotatable bonds is 4. The van der Waals surface area contributed by atoms with Gasteiger partial charge in [0.2, 0.25) is 0 Å². The van der Waals surface area contributed by atoms with Gasteiger partial charge in [-0.1, -0.05) is 13.3 Å². The molecule has 0 aliphatic heterocycles. The highest BCUT2D eigenvalue weighted by Gasteiger charge is 2.03. The molecule has 0 aromatic carbocycles. The number of hydrogen-bond acceptors (Lipinski definition) is 3. The third-order valence-corrected chi connectivity index (χ3v) is 1.17. The Bertz CT molecular complexity index is 66.1. The summed E-state index contributed by atoms with van der Waals surface area (Å²) in [7, 11) is 0. The fraction of sp³-hybridized carbons (Fsp3) is 1.00. The number of aliphatic hydroxyl groups excluding tert-OH is 1. The summed E-state index contributed by atoms with van der Waals surface area (Å²) in [6.07, 6.45) is 1.21. The van der Waals surface area contributed by atoms with Crippen molar-refractivity contribution >= 4 is 0 Å². The van der Waals surface area contributed by atoms with E-state index in [1.165, 1.54) is 6.92 Å². The zero-order valence-corrected chi connectivity index (χ0v) is 6.04. The van der Waals surface area contributed by atoms with Crippen molar-refractivity contribution in [3.8, 4) is 0 Å². The Morgan fingerprint density at radius 1 is 1.56 bits per heavy atom. The summed E-state index contributed by atoms with van der Waals surface area (Å²) in [4.78, 5) is 0. The lowest BCUT2D eigenvalue weighted by Crippen LogP contribution is -2.29. The van der Waals surface area contributed by atoms with E-state index in [1.54, 1.807) is 0 Å². The first-order valence-corrected chi connectivity index (χ1v) is 3.32. The second kappa shape index (κ2) is 4.73. The average molecular weight is 133 g/mol. The monoisotopic (exact) mass is 133 g/mol. The maximum absolute atomic E-state index is 8.84. The molecule has 0 bridgehead atoms. The van der Waals surface area contributed by atoms with Crippen LogP contribution in [0.15, 0.2) is 0 Å². The fourth-order valence-electron chi connectivity index (χ4n) is 0.507. The first kappa shape index (κ1) is 8.88. The summed E-state index contributed by atoms with van der Waals surface area (Å²) < 4.78 is 0. The van der Waals surface area contributed by atoms with Crippen molar-refractivity contribution < 1.29 is 10.3 Å². The highest BCUT2D eigenvalue weighted by atomic mass is 16.5. The Labute approximate surface area is 55.9 Å². The number of aliphatic hydroxyl groups is 1. The number of unbranched alkanes of at least 4 members (excludes halogenated alkanes) is 1. The zero-order chi connectivity index (χ0) is 7.28. The number of hydrogen-bond donors (Lipinski definition) is 2. The van der Waals surface area contributed by atoms with Crippen molar-refractivity contribution in [2.45, 2.75) is 32.9 Å². The standard InChI is InChI=1S/C6H15NO2/c1-3-4-5-7(9)6(2)8/h6,8-9H,3-5H2,1-2H3. The molecule has 0 radical (unpaired) electrons. The van der Waals surface area contributed by atoms with E-state index in [-0.39, 0.29) is 0 Å². The molecule has 56 valence electrons. The summed E-state index contributed by atoms with van der Waals surface area (Å²) in [5, 5.41) is 18.5. The van der Waals surface area contributed by atoms with E-state index < -0.39 is 6.23 Å². The van der Waals surface area contributed by atoms with Gasteiger partial charge < -0.3 is 10.3 Å². The van der Waals surface area contributed by atoms with Gasteiger partial charge in [-0.25, -0.2) is 0 Å². The molecule has 3 nitrogen and oxygen atoms in total. The lowest BCUT2D eigenvalue weighted by molar-refractivity contribution is -0.188. The van der Waals surface area contributed by atoms with Crippen LogP contribution in [0.3, 0.4) is 0 Å². The van der Waals surface area contributed by atoms with Crippen molar-refractivity contribution in [2.24, 2.45) is 0 Å². The Morgan fingerprint density at radius 2 is 2.11 bits per heavy atom. The van der Waals surface area contributed by atoms with E-state index in [4.69, 9.17) is 10.3 Å². The maximum Gasteiger partial charge on any atom is 0.126 e. The molecule has 0 aromatic rings. The molecule has 0 fully saturated rings. The van der Waals surface area contributed by atoms with Crippen LogP contribution < -0.4 is 0 Å². The minimum absolute atomic E-state index is 0.550. The van der Waals surface area contributed by atoms with Gasteiger partial charge in [0.15, 0.2) is 0 Å². The van der Waals surface area contributed by atoms with Gasteiger partial charge in [-0.05, 0) is 13.3 Å². The van der Waals surface area contributed by atoms with Crippen LogP contribution >= 0.6 is 0 Å². The van der Waals surface area contributed by atoms with E-state index in [1.807, 2.05) is 6.92 Å². The third kappa shape index (κ3) is 4.39. The largest absolute Gasteiger partial charge is 0.377 e. The van der Waals surface area contributed by atoms with Crippen LogP contribution in [0.5, 0.6) is 0 Å². The van der Waals surface area contributed by atoms with Crippen LogP contribution in [0.4, 0.5) is 0 Å². The third-order valence-electron chi connectivity index (χ3n) is 1.17. The smallest absolute Gasteiger partial charge is 0.126 e. The Morgan fingerprint density at radius 3 is 2.44 bits per heavy atom. The van der Waals surface area contributed by atoms with E-state index in [9.17, 15) is 0 Å². The summed E-state index contributed by atoms with van der Waals surface area (Å²) in [5.74, 6) is 0. The zero-order valence-electron chi connectivity index (χ0n) is 6.04. The van der Waals surface area contributed by atoms with Crippen molar-refractivity contribution in [3.63, 3.8) is 0 Å². The second-order valence-corrected chi connectivity index (χ2v) is 2.15. The van der Waals surface area contributed by atoms with E-state index >= 15 is 0 Å². The first-order chi connectivity index (χ1) is 4.18. The second-order valence-electron chi connectivity index (χ2n) is 2.15. The lowest BCUT2D eigenvalue weighted by atomic mass is 10.3. The molecular weight excluding hydrogens is 118 g/mol. The Kier molecular flexibility index (Phi) is 4.67. The summed E-state index contributed by atoms with van der Waals surface area (Å²) in [6.45, 7) is 4.12. The van der Waals surface area contributed by atoms with Gasteiger partial charge in [0.25, 0.3) is 0 Å². The van der Waals surface area contributed by atoms with Gasteiger partial charge in [0.1, 0.15) is 6.23 Å². The average Bonchev–Trinajstić information content (AvgIpc) is 1.82. The van der Waals surface area contributed by atoms with Crippen molar-refractivity contribution in [1.82, 2.24) is 5.06 Å². The SMILES string of the molecule is CCCCN(O)C(C)O. The summed E-state index contributed by atoms with van der Waals surface area (Å²) >= 11 is 0. The molecule has 3 heteroatoms. The minimum atomic E-state index is -0.739. The molecule has 0 spiro atoms. The number of nitrogens with zero attached hydrogens (tertiary/aromatic N) is 1. The molecule has 0 aliphatic carbocycles. The molecule has 1 atom stereocenters. The Hall–Kier alpha value is -0.120. The molecule has 9 heavy (non-hydrogen) atoms. The quantitative estimate of drug-likeness (QED) is 0.440. The highest BCUT2D eigenvalue weighted by molar-refractivity contribution is 4.43. The van der Waals surface area contributed by atoms with Gasteiger partial charge in [-0.3, -0.25) is 0 Å². The van der Waals surface area contributed by atoms with Gasteiger partial charge in [0.05, 0.1) is 0 Å². The fourth-order valence-corrected chi connectivity index (χ4v) is 0.507. The van der Waals surface area contributed by atoms with Crippen molar-refractivity contribution in [1.29, 1.82) is 0 Å². The van der Waals surface area contributed by atoms with Crippen molar-refractivity contribution in [3.05, 3.63) is 0 Å². The molecule has 0 rings (SSSR count). The van der Waals surface area contributed by atoms with Gasteiger partial charge in [0, 0.05) is 6.54 Å². The molecular formula is C6H15NO2. The summed E-state index contributed by atoms with van der Waals surface area (Å²) in [6, 6.07) is 0. The van der Waals surface area contributed by atoms with E-state index in [0.29, 0.717) is 6.54 Å². The molecule has 2 N–H and O–H groups in total. The minimum Gasteiger partial charge on any atom is -0.377 e. The van der Waals surface area contributed by atoms with Gasteiger partial charge in [-0.2, -0.15) is 5.06 Å². The molecule has 0 aromatic heterocycles. The Balaban J connectivity index is 3.16. The summed E-state index contributed by atoms with van der Waals surface area (Å²) in [5.41, 5.74) is 0. The molecule has 0 heterocycles. The first-order valence-electron chi connectivity index (χ1n) is 3.32. The van der Waals surface area contributed by atoms with Crippen LogP contribution in [0.25, 0.3) is 0 Å². The lowest BCUT2D eigenvalue weighted by Gasteiger charge is -2.16. The van der Waals surface area contributed by atoms with Crippen LogP contribution in [0, 0.1) is 0 Å². The van der Waals surface area contributed by atoms with E-state index in [2.05, 4.69) is 0 Å². The molecule has 0 amide bonds. The molecule has 1 unspecified atom stereocenters. The highest BCUT2D eigenvalue weighted by Crippen LogP contribution is 1.93. The van der Waals surface area contributed by atoms with E-state index in [0.717, 1.165) is 17.9 Å².